The highest BCUT2D eigenvalue weighted by Gasteiger charge is 2.36. The lowest BCUT2D eigenvalue weighted by atomic mass is 10.1. The maximum absolute atomic E-state index is 13.6. The van der Waals surface area contributed by atoms with Gasteiger partial charge in [-0.05, 0) is 54.1 Å². The minimum Gasteiger partial charge on any atom is -0.496 e. The lowest BCUT2D eigenvalue weighted by Gasteiger charge is -2.12. The van der Waals surface area contributed by atoms with E-state index in [0.29, 0.717) is 29.1 Å². The van der Waals surface area contributed by atoms with Crippen molar-refractivity contribution in [1.82, 2.24) is 4.90 Å². The summed E-state index contributed by atoms with van der Waals surface area (Å²) in [5.74, 6) is -2.52. The van der Waals surface area contributed by atoms with E-state index in [1.807, 2.05) is 13.0 Å². The zero-order valence-electron chi connectivity index (χ0n) is 15.5. The molecule has 3 amide bonds. The Morgan fingerprint density at radius 1 is 1.21 bits per heavy atom. The predicted octanol–water partition coefficient (Wildman–Crippen LogP) is 3.96. The van der Waals surface area contributed by atoms with Crippen molar-refractivity contribution in [3.63, 3.8) is 0 Å². The van der Waals surface area contributed by atoms with Gasteiger partial charge in [-0.15, -0.1) is 0 Å². The molecule has 2 aromatic carbocycles. The Hall–Kier alpha value is -3.20. The van der Waals surface area contributed by atoms with Crippen LogP contribution < -0.4 is 10.1 Å². The van der Waals surface area contributed by atoms with E-state index in [1.54, 1.807) is 12.1 Å². The average molecular weight is 418 g/mol. The number of nitrogens with one attached hydrogen (secondary N) is 1. The lowest BCUT2D eigenvalue weighted by Crippen LogP contribution is -2.36. The van der Waals surface area contributed by atoms with Gasteiger partial charge in [-0.3, -0.25) is 19.3 Å². The zero-order valence-corrected chi connectivity index (χ0v) is 16.3. The lowest BCUT2D eigenvalue weighted by molar-refractivity contribution is -0.127. The highest BCUT2D eigenvalue weighted by Crippen LogP contribution is 2.33. The fraction of sp³-hybridized carbons (Fsp3) is 0.150. The van der Waals surface area contributed by atoms with E-state index in [9.17, 15) is 23.2 Å². The number of benzene rings is 2. The van der Waals surface area contributed by atoms with Gasteiger partial charge in [-0.25, -0.2) is 8.78 Å². The molecule has 1 N–H and O–H groups in total. The first-order valence-electron chi connectivity index (χ1n) is 8.43. The Kier molecular flexibility index (Phi) is 5.97. The molecule has 0 aromatic heterocycles. The van der Waals surface area contributed by atoms with E-state index < -0.39 is 35.2 Å². The van der Waals surface area contributed by atoms with Crippen LogP contribution >= 0.6 is 11.8 Å². The van der Waals surface area contributed by atoms with Crippen molar-refractivity contribution in [1.29, 1.82) is 0 Å². The molecular formula is C20H16F2N2O4S. The van der Waals surface area contributed by atoms with Gasteiger partial charge in [-0.1, -0.05) is 12.1 Å². The minimum atomic E-state index is -0.958. The summed E-state index contributed by atoms with van der Waals surface area (Å²) >= 11 is 0.702. The van der Waals surface area contributed by atoms with E-state index in [2.05, 4.69) is 5.32 Å². The Balaban J connectivity index is 1.72. The van der Waals surface area contributed by atoms with Crippen molar-refractivity contribution >= 4 is 40.6 Å². The SMILES string of the molecule is COc1cc(/C=C2/SC(=O)N(CC(=O)Nc3ccc(F)cc3F)C2=O)ccc1C. The first kappa shape index (κ1) is 20.5. The first-order chi connectivity index (χ1) is 13.8. The smallest absolute Gasteiger partial charge is 0.294 e. The number of imide groups is 1. The van der Waals surface area contributed by atoms with E-state index in [4.69, 9.17) is 4.74 Å². The molecule has 0 saturated carbocycles. The quantitative estimate of drug-likeness (QED) is 0.744. The molecule has 0 unspecified atom stereocenters. The maximum atomic E-state index is 13.6. The second-order valence-electron chi connectivity index (χ2n) is 6.17. The van der Waals surface area contributed by atoms with Crippen molar-refractivity contribution in [2.24, 2.45) is 0 Å². The molecule has 1 fully saturated rings. The second-order valence-corrected chi connectivity index (χ2v) is 7.16. The number of methoxy groups -OCH3 is 1. The van der Waals surface area contributed by atoms with Crippen molar-refractivity contribution in [3.8, 4) is 5.75 Å². The largest absolute Gasteiger partial charge is 0.496 e. The fourth-order valence-electron chi connectivity index (χ4n) is 2.64. The van der Waals surface area contributed by atoms with Gasteiger partial charge >= 0.3 is 0 Å². The summed E-state index contributed by atoms with van der Waals surface area (Å²) in [5, 5.41) is 1.60. The van der Waals surface area contributed by atoms with Crippen LogP contribution in [0, 0.1) is 18.6 Å². The molecule has 1 aliphatic rings. The van der Waals surface area contributed by atoms with E-state index in [-0.39, 0.29) is 10.6 Å². The molecule has 0 spiro atoms. The third-order valence-corrected chi connectivity index (χ3v) is 5.02. The van der Waals surface area contributed by atoms with Crippen LogP contribution in [0.5, 0.6) is 5.75 Å². The highest BCUT2D eigenvalue weighted by atomic mass is 32.2. The molecule has 0 bridgehead atoms. The first-order valence-corrected chi connectivity index (χ1v) is 9.25. The number of halogens is 2. The second kappa shape index (κ2) is 8.44. The number of rotatable bonds is 5. The van der Waals surface area contributed by atoms with Crippen LogP contribution in [0.4, 0.5) is 19.3 Å². The number of aryl methyl sites for hydroxylation is 1. The number of nitrogens with zero attached hydrogens (tertiary/aromatic N) is 1. The summed E-state index contributed by atoms with van der Waals surface area (Å²) in [6.45, 7) is 1.29. The van der Waals surface area contributed by atoms with Crippen LogP contribution in [0.25, 0.3) is 6.08 Å². The summed E-state index contributed by atoms with van der Waals surface area (Å²) in [6.07, 6.45) is 1.53. The third kappa shape index (κ3) is 4.62. The Morgan fingerprint density at radius 2 is 1.97 bits per heavy atom. The molecule has 0 radical (unpaired) electrons. The van der Waals surface area contributed by atoms with Gasteiger partial charge in [0.05, 0.1) is 17.7 Å². The normalized spacial score (nSPS) is 15.2. The zero-order chi connectivity index (χ0) is 21.1. The number of ether oxygens (including phenoxy) is 1. The molecule has 0 aliphatic carbocycles. The predicted molar refractivity (Wildman–Crippen MR) is 105 cm³/mol. The summed E-state index contributed by atoms with van der Waals surface area (Å²) in [5.41, 5.74) is 1.34. The topological polar surface area (TPSA) is 75.7 Å². The van der Waals surface area contributed by atoms with E-state index in [1.165, 1.54) is 13.2 Å². The van der Waals surface area contributed by atoms with Gasteiger partial charge in [-0.2, -0.15) is 0 Å². The van der Waals surface area contributed by atoms with Gasteiger partial charge in [0.15, 0.2) is 0 Å². The van der Waals surface area contributed by atoms with Gasteiger partial charge in [0.1, 0.15) is 23.9 Å². The van der Waals surface area contributed by atoms with Crippen LogP contribution in [-0.2, 0) is 9.59 Å². The van der Waals surface area contributed by atoms with E-state index >= 15 is 0 Å². The van der Waals surface area contributed by atoms with Crippen LogP contribution in [0.1, 0.15) is 11.1 Å². The summed E-state index contributed by atoms with van der Waals surface area (Å²) in [6, 6.07) is 7.98. The average Bonchev–Trinajstić information content (AvgIpc) is 2.93. The van der Waals surface area contributed by atoms with Gasteiger partial charge < -0.3 is 10.1 Å². The fourth-order valence-corrected chi connectivity index (χ4v) is 3.48. The molecule has 29 heavy (non-hydrogen) atoms. The number of hydrogen-bond acceptors (Lipinski definition) is 5. The molecule has 1 saturated heterocycles. The van der Waals surface area contributed by atoms with Gasteiger partial charge in [0.25, 0.3) is 11.1 Å². The maximum Gasteiger partial charge on any atom is 0.294 e. The number of carbonyl (C=O) groups excluding carboxylic acids is 3. The molecule has 3 rings (SSSR count). The number of thioether (sulfide) groups is 1. The van der Waals surface area contributed by atoms with Crippen LogP contribution in [0.3, 0.4) is 0 Å². The van der Waals surface area contributed by atoms with Crippen molar-refractivity contribution in [3.05, 3.63) is 64.1 Å². The molecular weight excluding hydrogens is 402 g/mol. The summed E-state index contributed by atoms with van der Waals surface area (Å²) < 4.78 is 31.8. The molecule has 2 aromatic rings. The summed E-state index contributed by atoms with van der Waals surface area (Å²) in [4.78, 5) is 37.7. The Bertz CT molecular complexity index is 1040. The number of anilines is 1. The van der Waals surface area contributed by atoms with Crippen LogP contribution in [-0.4, -0.2) is 35.6 Å². The molecule has 1 heterocycles. The Morgan fingerprint density at radius 3 is 2.66 bits per heavy atom. The monoisotopic (exact) mass is 418 g/mol. The molecule has 6 nitrogen and oxygen atoms in total. The van der Waals surface area contributed by atoms with Crippen LogP contribution in [0.15, 0.2) is 41.3 Å². The van der Waals surface area contributed by atoms with Crippen molar-refractivity contribution in [2.45, 2.75) is 6.92 Å². The molecule has 150 valence electrons. The number of carbonyl (C=O) groups is 3. The minimum absolute atomic E-state index is 0.154. The third-order valence-electron chi connectivity index (χ3n) is 4.11. The molecule has 9 heteroatoms. The van der Waals surface area contributed by atoms with Crippen molar-refractivity contribution < 1.29 is 27.9 Å². The van der Waals surface area contributed by atoms with E-state index in [0.717, 1.165) is 22.6 Å². The Labute approximate surface area is 169 Å². The highest BCUT2D eigenvalue weighted by molar-refractivity contribution is 8.18. The number of amides is 3. The molecule has 1 aliphatic heterocycles. The standard InChI is InChI=1S/C20H16F2N2O4S/c1-11-3-4-12(7-16(11)28-2)8-17-19(26)24(20(27)29-17)10-18(25)23-15-6-5-13(21)9-14(15)22/h3-9H,10H2,1-2H3,(H,23,25)/b17-8+. The van der Waals surface area contributed by atoms with Gasteiger partial charge in [0.2, 0.25) is 5.91 Å². The van der Waals surface area contributed by atoms with Crippen LogP contribution in [0.2, 0.25) is 0 Å². The number of hydrogen-bond donors (Lipinski definition) is 1. The van der Waals surface area contributed by atoms with Crippen molar-refractivity contribution in [2.75, 3.05) is 19.0 Å². The van der Waals surface area contributed by atoms with Gasteiger partial charge in [0, 0.05) is 6.07 Å². The molecule has 0 atom stereocenters. The summed E-state index contributed by atoms with van der Waals surface area (Å²) in [7, 11) is 1.53.